The molecule has 11 heteroatoms. The number of amides is 2. The van der Waals surface area contributed by atoms with Crippen LogP contribution in [0, 0.1) is 10.1 Å². The fraction of sp³-hybridized carbons (Fsp3) is 0.111. The van der Waals surface area contributed by atoms with Crippen molar-refractivity contribution < 1.29 is 19.2 Å². The van der Waals surface area contributed by atoms with Crippen molar-refractivity contribution in [2.45, 2.75) is 11.6 Å². The van der Waals surface area contributed by atoms with Crippen LogP contribution in [0.5, 0.6) is 5.75 Å². The largest absolute Gasteiger partial charge is 0.477 e. The number of hydrogen-bond acceptors (Lipinski definition) is 7. The molecule has 11 nitrogen and oxygen atoms in total. The molecule has 3 heterocycles. The van der Waals surface area contributed by atoms with Crippen molar-refractivity contribution in [1.29, 1.82) is 0 Å². The van der Waals surface area contributed by atoms with Crippen molar-refractivity contribution in [2.24, 2.45) is 0 Å². The van der Waals surface area contributed by atoms with E-state index in [-0.39, 0.29) is 11.4 Å². The number of para-hydroxylation sites is 1. The molecule has 3 aromatic rings. The van der Waals surface area contributed by atoms with Crippen LogP contribution in [0.2, 0.25) is 0 Å². The molecular weight excluding hydrogens is 380 g/mol. The molecular formula is C18H12N6O5. The lowest BCUT2D eigenvalue weighted by molar-refractivity contribution is -0.384. The smallest absolute Gasteiger partial charge is 0.287 e. The first kappa shape index (κ1) is 16.9. The van der Waals surface area contributed by atoms with Crippen LogP contribution in [-0.4, -0.2) is 37.7 Å². The topological polar surface area (TPSA) is 132 Å². The van der Waals surface area contributed by atoms with Gasteiger partial charge in [-0.25, -0.2) is 9.69 Å². The van der Waals surface area contributed by atoms with Crippen LogP contribution in [0.1, 0.15) is 5.56 Å². The van der Waals surface area contributed by atoms with E-state index in [2.05, 4.69) is 15.5 Å². The first-order valence-electron chi connectivity index (χ1n) is 8.54. The second kappa shape index (κ2) is 5.86. The highest BCUT2D eigenvalue weighted by atomic mass is 16.6. The highest BCUT2D eigenvalue weighted by Gasteiger charge is 2.72. The molecule has 2 aromatic carbocycles. The summed E-state index contributed by atoms with van der Waals surface area (Å²) < 4.78 is 7.19. The molecule has 1 N–H and O–H groups in total. The van der Waals surface area contributed by atoms with Crippen molar-refractivity contribution in [3.63, 3.8) is 0 Å². The summed E-state index contributed by atoms with van der Waals surface area (Å²) in [6, 6.07) is 12.3. The third-order valence-electron chi connectivity index (χ3n) is 5.02. The van der Waals surface area contributed by atoms with E-state index in [0.29, 0.717) is 11.3 Å². The van der Waals surface area contributed by atoms with E-state index < -0.39 is 28.4 Å². The third kappa shape index (κ3) is 2.18. The molecule has 2 unspecified atom stereocenters. The number of nitrogens with zero attached hydrogens (tertiary/aromatic N) is 5. The number of carbonyl (C=O) groups is 2. The minimum atomic E-state index is -1.46. The summed E-state index contributed by atoms with van der Waals surface area (Å²) in [5.74, 6) is -0.678. The van der Waals surface area contributed by atoms with Gasteiger partial charge in [0.1, 0.15) is 18.4 Å². The number of anilines is 1. The Balaban J connectivity index is 1.59. The standard InChI is InChI=1S/C18H12N6O5/c25-16-15(29-12-7-5-11(6-8-12)24(27)28)18(23(16)22-9-19-20-10-22)13-3-1-2-4-14(13)21-17(18)26/h1-10,15H,(H,21,26). The predicted molar refractivity (Wildman–Crippen MR) is 97.5 cm³/mol. The molecule has 1 saturated heterocycles. The van der Waals surface area contributed by atoms with Crippen molar-refractivity contribution >= 4 is 23.2 Å². The summed E-state index contributed by atoms with van der Waals surface area (Å²) in [4.78, 5) is 36.4. The second-order valence-corrected chi connectivity index (χ2v) is 6.51. The van der Waals surface area contributed by atoms with Gasteiger partial charge in [0.2, 0.25) is 11.6 Å². The Labute approximate surface area is 162 Å². The van der Waals surface area contributed by atoms with Gasteiger partial charge in [0.25, 0.3) is 17.5 Å². The number of ether oxygens (including phenoxy) is 1. The lowest BCUT2D eigenvalue weighted by Gasteiger charge is -2.52. The number of benzene rings is 2. The summed E-state index contributed by atoms with van der Waals surface area (Å²) in [5, 5.41) is 22.3. The number of nitro benzene ring substituents is 1. The number of β-lactam (4-membered cyclic amide) rings is 1. The Morgan fingerprint density at radius 1 is 1.07 bits per heavy atom. The van der Waals surface area contributed by atoms with E-state index in [9.17, 15) is 19.7 Å². The molecule has 2 atom stereocenters. The molecule has 5 rings (SSSR count). The van der Waals surface area contributed by atoms with Crippen molar-refractivity contribution in [1.82, 2.24) is 14.9 Å². The van der Waals surface area contributed by atoms with E-state index >= 15 is 0 Å². The van der Waals surface area contributed by atoms with Crippen molar-refractivity contribution in [2.75, 3.05) is 10.3 Å². The van der Waals surface area contributed by atoms with Gasteiger partial charge in [0.05, 0.1) is 4.92 Å². The van der Waals surface area contributed by atoms with Crippen LogP contribution in [0.3, 0.4) is 0 Å². The van der Waals surface area contributed by atoms with Gasteiger partial charge in [-0.3, -0.25) is 19.7 Å². The van der Waals surface area contributed by atoms with Crippen LogP contribution >= 0.6 is 0 Å². The van der Waals surface area contributed by atoms with E-state index in [1.807, 2.05) is 0 Å². The Bertz CT molecular complexity index is 1150. The quantitative estimate of drug-likeness (QED) is 0.397. The zero-order valence-electron chi connectivity index (χ0n) is 14.6. The van der Waals surface area contributed by atoms with E-state index in [0.717, 1.165) is 0 Å². The SMILES string of the molecule is O=C1C(Oc2ccc([N+](=O)[O-])cc2)C2(C(=O)Nc3ccccc32)N1n1cnnc1. The summed E-state index contributed by atoms with van der Waals surface area (Å²) in [6.07, 6.45) is 1.46. The van der Waals surface area contributed by atoms with E-state index in [4.69, 9.17) is 4.74 Å². The maximum absolute atomic E-state index is 13.1. The van der Waals surface area contributed by atoms with E-state index in [1.54, 1.807) is 24.3 Å². The lowest BCUT2D eigenvalue weighted by atomic mass is 9.77. The molecule has 2 aliphatic rings. The number of aromatic nitrogens is 3. The number of nitrogens with one attached hydrogen (secondary N) is 1. The number of non-ortho nitro benzene ring substituents is 1. The first-order valence-corrected chi connectivity index (χ1v) is 8.54. The summed E-state index contributed by atoms with van der Waals surface area (Å²) in [7, 11) is 0. The molecule has 0 saturated carbocycles. The Kier molecular flexibility index (Phi) is 3.41. The Hall–Kier alpha value is -4.28. The normalized spacial score (nSPS) is 22.2. The average Bonchev–Trinajstić information content (AvgIpc) is 3.34. The zero-order chi connectivity index (χ0) is 20.2. The minimum absolute atomic E-state index is 0.109. The van der Waals surface area contributed by atoms with Gasteiger partial charge in [-0.15, -0.1) is 10.2 Å². The van der Waals surface area contributed by atoms with Crippen LogP contribution in [0.15, 0.2) is 61.2 Å². The fourth-order valence-corrected chi connectivity index (χ4v) is 3.76. The third-order valence-corrected chi connectivity index (χ3v) is 5.02. The molecule has 1 aromatic heterocycles. The molecule has 29 heavy (non-hydrogen) atoms. The van der Waals surface area contributed by atoms with Crippen LogP contribution in [0.4, 0.5) is 11.4 Å². The van der Waals surface area contributed by atoms with Gasteiger partial charge >= 0.3 is 0 Å². The minimum Gasteiger partial charge on any atom is -0.477 e. The van der Waals surface area contributed by atoms with Gasteiger partial charge in [0, 0.05) is 23.4 Å². The highest BCUT2D eigenvalue weighted by molar-refractivity contribution is 6.20. The van der Waals surface area contributed by atoms with Crippen molar-refractivity contribution in [3.05, 3.63) is 76.9 Å². The van der Waals surface area contributed by atoms with Gasteiger partial charge in [-0.2, -0.15) is 0 Å². The predicted octanol–water partition coefficient (Wildman–Crippen LogP) is 0.960. The van der Waals surface area contributed by atoms with Gasteiger partial charge in [-0.1, -0.05) is 18.2 Å². The molecule has 1 spiro atoms. The van der Waals surface area contributed by atoms with Gasteiger partial charge < -0.3 is 10.1 Å². The number of rotatable bonds is 4. The summed E-state index contributed by atoms with van der Waals surface area (Å²) >= 11 is 0. The number of hydrogen-bond donors (Lipinski definition) is 1. The maximum atomic E-state index is 13.1. The molecule has 2 amide bonds. The highest BCUT2D eigenvalue weighted by Crippen LogP contribution is 2.49. The molecule has 2 aliphatic heterocycles. The lowest BCUT2D eigenvalue weighted by Crippen LogP contribution is -2.80. The second-order valence-electron chi connectivity index (χ2n) is 6.51. The van der Waals surface area contributed by atoms with Crippen LogP contribution in [-0.2, 0) is 15.1 Å². The molecule has 1 fully saturated rings. The van der Waals surface area contributed by atoms with Crippen LogP contribution in [0.25, 0.3) is 0 Å². The van der Waals surface area contributed by atoms with Crippen LogP contribution < -0.4 is 15.1 Å². The molecule has 0 radical (unpaired) electrons. The van der Waals surface area contributed by atoms with Crippen molar-refractivity contribution in [3.8, 4) is 5.75 Å². The fourth-order valence-electron chi connectivity index (χ4n) is 3.76. The van der Waals surface area contributed by atoms with Gasteiger partial charge in [0.15, 0.2) is 0 Å². The Morgan fingerprint density at radius 3 is 2.45 bits per heavy atom. The first-order chi connectivity index (χ1) is 14.0. The monoisotopic (exact) mass is 392 g/mol. The van der Waals surface area contributed by atoms with E-state index in [1.165, 1.54) is 46.6 Å². The average molecular weight is 392 g/mol. The Morgan fingerprint density at radius 2 is 1.76 bits per heavy atom. The molecule has 0 bridgehead atoms. The number of carbonyl (C=O) groups excluding carboxylic acids is 2. The molecule has 0 aliphatic carbocycles. The zero-order valence-corrected chi connectivity index (χ0v) is 14.6. The summed E-state index contributed by atoms with van der Waals surface area (Å²) in [5.41, 5.74) is -0.426. The number of nitro groups is 1. The van der Waals surface area contributed by atoms with Gasteiger partial charge in [-0.05, 0) is 18.2 Å². The maximum Gasteiger partial charge on any atom is 0.287 e. The molecule has 144 valence electrons. The number of fused-ring (bicyclic) bond motifs is 2. The summed E-state index contributed by atoms with van der Waals surface area (Å²) in [6.45, 7) is 0.